The van der Waals surface area contributed by atoms with Crippen LogP contribution in [0.4, 0.5) is 0 Å². The molecule has 2 N–H and O–H groups in total. The average Bonchev–Trinajstić information content (AvgIpc) is 2.75. The predicted molar refractivity (Wildman–Crippen MR) is 151 cm³/mol. The second kappa shape index (κ2) is 19.6. The predicted octanol–water partition coefficient (Wildman–Crippen LogP) is 8.37. The molecule has 7 heteroatoms. The Morgan fingerprint density at radius 3 is 1.91 bits per heavy atom. The van der Waals surface area contributed by atoms with E-state index in [4.69, 9.17) is 17.0 Å². The number of aryl methyl sites for hydroxylation is 1. The SMILES string of the molecule is CCCCCCCCCCCCCCCCNC(=S)NC(=O)COc1c(C)cc(Br)cc1Br. The highest BCUT2D eigenvalue weighted by Gasteiger charge is 2.10. The number of ether oxygens (including phenoxy) is 1. The zero-order valence-electron chi connectivity index (χ0n) is 20.4. The molecule has 0 bridgehead atoms. The van der Waals surface area contributed by atoms with E-state index < -0.39 is 0 Å². The molecule has 0 aliphatic rings. The Morgan fingerprint density at radius 1 is 0.879 bits per heavy atom. The van der Waals surface area contributed by atoms with E-state index in [0.717, 1.165) is 27.5 Å². The zero-order valence-corrected chi connectivity index (χ0v) is 24.4. The molecule has 0 heterocycles. The number of nitrogens with one attached hydrogen (secondary N) is 2. The van der Waals surface area contributed by atoms with Crippen LogP contribution in [-0.4, -0.2) is 24.2 Å². The summed E-state index contributed by atoms with van der Waals surface area (Å²) in [6.45, 7) is 4.91. The molecule has 0 saturated carbocycles. The number of hydrogen-bond donors (Lipinski definition) is 2. The fourth-order valence-electron chi connectivity index (χ4n) is 3.74. The molecule has 4 nitrogen and oxygen atoms in total. The normalized spacial score (nSPS) is 10.8. The van der Waals surface area contributed by atoms with Gasteiger partial charge in [-0.2, -0.15) is 0 Å². The number of hydrogen-bond acceptors (Lipinski definition) is 3. The Balaban J connectivity index is 1.95. The molecule has 0 radical (unpaired) electrons. The number of benzene rings is 1. The zero-order chi connectivity index (χ0) is 24.3. The van der Waals surface area contributed by atoms with Crippen LogP contribution in [0.25, 0.3) is 0 Å². The maximum absolute atomic E-state index is 12.1. The van der Waals surface area contributed by atoms with E-state index in [0.29, 0.717) is 10.9 Å². The Morgan fingerprint density at radius 2 is 1.39 bits per heavy atom. The Kier molecular flexibility index (Phi) is 18.1. The van der Waals surface area contributed by atoms with Gasteiger partial charge in [-0.15, -0.1) is 0 Å². The van der Waals surface area contributed by atoms with E-state index in [1.165, 1.54) is 83.5 Å². The van der Waals surface area contributed by atoms with Crippen LogP contribution in [0.3, 0.4) is 0 Å². The molecule has 0 unspecified atom stereocenters. The van der Waals surface area contributed by atoms with Gasteiger partial charge in [0, 0.05) is 11.0 Å². The van der Waals surface area contributed by atoms with Crippen LogP contribution < -0.4 is 15.4 Å². The second-order valence-electron chi connectivity index (χ2n) is 8.72. The van der Waals surface area contributed by atoms with E-state index in [9.17, 15) is 4.79 Å². The van der Waals surface area contributed by atoms with Crippen molar-refractivity contribution in [3.05, 3.63) is 26.6 Å². The highest BCUT2D eigenvalue weighted by Crippen LogP contribution is 2.32. The van der Waals surface area contributed by atoms with E-state index in [2.05, 4.69) is 49.4 Å². The Labute approximate surface area is 223 Å². The van der Waals surface area contributed by atoms with Gasteiger partial charge in [-0.3, -0.25) is 4.79 Å². The molecule has 1 aromatic carbocycles. The number of unbranched alkanes of at least 4 members (excludes halogenated alkanes) is 13. The van der Waals surface area contributed by atoms with Crippen LogP contribution in [0.5, 0.6) is 5.75 Å². The first-order chi connectivity index (χ1) is 15.9. The minimum Gasteiger partial charge on any atom is -0.482 e. The van der Waals surface area contributed by atoms with Crippen molar-refractivity contribution in [3.8, 4) is 5.75 Å². The molecule has 33 heavy (non-hydrogen) atoms. The average molecular weight is 607 g/mol. The highest BCUT2D eigenvalue weighted by atomic mass is 79.9. The van der Waals surface area contributed by atoms with Crippen molar-refractivity contribution in [2.75, 3.05) is 13.2 Å². The monoisotopic (exact) mass is 604 g/mol. The van der Waals surface area contributed by atoms with Crippen molar-refractivity contribution in [3.63, 3.8) is 0 Å². The number of rotatable bonds is 18. The summed E-state index contributed by atoms with van der Waals surface area (Å²) < 4.78 is 7.41. The first-order valence-electron chi connectivity index (χ1n) is 12.6. The van der Waals surface area contributed by atoms with E-state index in [-0.39, 0.29) is 12.5 Å². The summed E-state index contributed by atoms with van der Waals surface area (Å²) in [5, 5.41) is 6.16. The first-order valence-corrected chi connectivity index (χ1v) is 14.6. The number of amides is 1. The summed E-state index contributed by atoms with van der Waals surface area (Å²) >= 11 is 12.1. The van der Waals surface area contributed by atoms with Gasteiger partial charge in [0.05, 0.1) is 4.47 Å². The molecule has 0 aliphatic heterocycles. The fourth-order valence-corrected chi connectivity index (χ4v) is 5.51. The molecule has 0 spiro atoms. The summed E-state index contributed by atoms with van der Waals surface area (Å²) in [6, 6.07) is 3.84. The summed E-state index contributed by atoms with van der Waals surface area (Å²) in [4.78, 5) is 12.1. The molecule has 188 valence electrons. The molecule has 1 rings (SSSR count). The van der Waals surface area contributed by atoms with E-state index in [1.807, 2.05) is 19.1 Å². The van der Waals surface area contributed by atoms with Crippen molar-refractivity contribution in [1.29, 1.82) is 0 Å². The van der Waals surface area contributed by atoms with Crippen molar-refractivity contribution in [2.24, 2.45) is 0 Å². The molecule has 0 atom stereocenters. The summed E-state index contributed by atoms with van der Waals surface area (Å²) in [7, 11) is 0. The lowest BCUT2D eigenvalue weighted by molar-refractivity contribution is -0.121. The molecule has 1 aromatic rings. The quantitative estimate of drug-likeness (QED) is 0.130. The van der Waals surface area contributed by atoms with Crippen LogP contribution in [0.15, 0.2) is 21.1 Å². The Hall–Kier alpha value is -0.660. The Bertz CT molecular complexity index is 678. The van der Waals surface area contributed by atoms with Gasteiger partial charge in [0.1, 0.15) is 5.75 Å². The topological polar surface area (TPSA) is 50.4 Å². The maximum atomic E-state index is 12.1. The van der Waals surface area contributed by atoms with Gasteiger partial charge in [-0.1, -0.05) is 106 Å². The summed E-state index contributed by atoms with van der Waals surface area (Å²) in [5.74, 6) is 0.400. The number of thiocarbonyl (C=S) groups is 1. The molecular weight excluding hydrogens is 564 g/mol. The van der Waals surface area contributed by atoms with Crippen molar-refractivity contribution in [2.45, 2.75) is 104 Å². The van der Waals surface area contributed by atoms with Gasteiger partial charge in [0.25, 0.3) is 5.91 Å². The lowest BCUT2D eigenvalue weighted by Crippen LogP contribution is -2.41. The van der Waals surface area contributed by atoms with Crippen LogP contribution in [0.2, 0.25) is 0 Å². The molecule has 1 amide bonds. The second-order valence-corrected chi connectivity index (χ2v) is 10.9. The van der Waals surface area contributed by atoms with Crippen LogP contribution in [0, 0.1) is 6.92 Å². The lowest BCUT2D eigenvalue weighted by atomic mass is 10.0. The van der Waals surface area contributed by atoms with Crippen molar-refractivity contribution in [1.82, 2.24) is 10.6 Å². The number of halogens is 2. The molecular formula is C26H42Br2N2O2S. The minimum absolute atomic E-state index is 0.0816. The number of carbonyl (C=O) groups excluding carboxylic acids is 1. The van der Waals surface area contributed by atoms with Gasteiger partial charge < -0.3 is 15.4 Å². The van der Waals surface area contributed by atoms with E-state index in [1.54, 1.807) is 0 Å². The van der Waals surface area contributed by atoms with Gasteiger partial charge in [0.15, 0.2) is 11.7 Å². The van der Waals surface area contributed by atoms with E-state index >= 15 is 0 Å². The third kappa shape index (κ3) is 15.8. The van der Waals surface area contributed by atoms with Crippen molar-refractivity contribution >= 4 is 55.1 Å². The van der Waals surface area contributed by atoms with Gasteiger partial charge >= 0.3 is 0 Å². The highest BCUT2D eigenvalue weighted by molar-refractivity contribution is 9.11. The number of carbonyl (C=O) groups is 1. The maximum Gasteiger partial charge on any atom is 0.264 e. The van der Waals surface area contributed by atoms with Gasteiger partial charge in [0.2, 0.25) is 0 Å². The smallest absolute Gasteiger partial charge is 0.264 e. The van der Waals surface area contributed by atoms with Crippen molar-refractivity contribution < 1.29 is 9.53 Å². The minimum atomic E-state index is -0.261. The largest absolute Gasteiger partial charge is 0.482 e. The standard InChI is InChI=1S/C26H42Br2N2O2S/c1-3-4-5-6-7-8-9-10-11-12-13-14-15-16-17-29-26(33)30-24(31)20-32-25-21(2)18-22(27)19-23(25)28/h18-19H,3-17,20H2,1-2H3,(H2,29,30,31,33). The van der Waals surface area contributed by atoms with Crippen LogP contribution in [-0.2, 0) is 4.79 Å². The van der Waals surface area contributed by atoms with Crippen LogP contribution >= 0.6 is 44.1 Å². The van der Waals surface area contributed by atoms with Gasteiger partial charge in [-0.25, -0.2) is 0 Å². The fraction of sp³-hybridized carbons (Fsp3) is 0.692. The summed E-state index contributed by atoms with van der Waals surface area (Å²) in [6.07, 6.45) is 18.8. The molecule has 0 fully saturated rings. The lowest BCUT2D eigenvalue weighted by Gasteiger charge is -2.13. The molecule has 0 saturated heterocycles. The third-order valence-electron chi connectivity index (χ3n) is 5.61. The third-order valence-corrected chi connectivity index (χ3v) is 6.90. The first kappa shape index (κ1) is 30.4. The molecule has 0 aliphatic carbocycles. The summed E-state index contributed by atoms with van der Waals surface area (Å²) in [5.41, 5.74) is 0.947. The van der Waals surface area contributed by atoms with Gasteiger partial charge in [-0.05, 0) is 59.2 Å². The van der Waals surface area contributed by atoms with Crippen LogP contribution in [0.1, 0.15) is 102 Å². The molecule has 0 aromatic heterocycles.